The Bertz CT molecular complexity index is 477. The second-order valence-corrected chi connectivity index (χ2v) is 7.05. The summed E-state index contributed by atoms with van der Waals surface area (Å²) in [6, 6.07) is 4.13. The minimum Gasteiger partial charge on any atom is -0.356 e. The SMILES string of the molecule is CN=C(NCCCNC(=O)c1cccs1)NC(C)CCC(C)C.I. The number of hydrogen-bond donors (Lipinski definition) is 3. The molecule has 0 radical (unpaired) electrons. The molecular weight excluding hydrogens is 435 g/mol. The van der Waals surface area contributed by atoms with E-state index in [0.717, 1.165) is 36.1 Å². The van der Waals surface area contributed by atoms with Gasteiger partial charge in [-0.05, 0) is 43.6 Å². The van der Waals surface area contributed by atoms with Gasteiger partial charge in [0.1, 0.15) is 0 Å². The first-order valence-corrected chi connectivity index (χ1v) is 9.19. The van der Waals surface area contributed by atoms with Crippen molar-refractivity contribution < 1.29 is 4.79 Å². The normalized spacial score (nSPS) is 12.5. The Kier molecular flexibility index (Phi) is 13.0. The predicted octanol–water partition coefficient (Wildman–Crippen LogP) is 3.48. The lowest BCUT2D eigenvalue weighted by atomic mass is 10.0. The fourth-order valence-corrected chi connectivity index (χ4v) is 2.72. The van der Waals surface area contributed by atoms with Crippen molar-refractivity contribution in [3.63, 3.8) is 0 Å². The van der Waals surface area contributed by atoms with E-state index >= 15 is 0 Å². The van der Waals surface area contributed by atoms with E-state index < -0.39 is 0 Å². The van der Waals surface area contributed by atoms with Gasteiger partial charge in [0.05, 0.1) is 4.88 Å². The zero-order chi connectivity index (χ0) is 17.1. The molecule has 1 amide bonds. The summed E-state index contributed by atoms with van der Waals surface area (Å²) in [5.74, 6) is 1.55. The summed E-state index contributed by atoms with van der Waals surface area (Å²) in [5, 5.41) is 11.5. The summed E-state index contributed by atoms with van der Waals surface area (Å²) in [7, 11) is 1.78. The molecule has 1 unspecified atom stereocenters. The maximum atomic E-state index is 11.8. The minimum absolute atomic E-state index is 0. The number of rotatable bonds is 9. The Labute approximate surface area is 167 Å². The summed E-state index contributed by atoms with van der Waals surface area (Å²) in [6.45, 7) is 8.09. The van der Waals surface area contributed by atoms with E-state index in [9.17, 15) is 4.79 Å². The van der Waals surface area contributed by atoms with Crippen LogP contribution in [0.3, 0.4) is 0 Å². The Morgan fingerprint density at radius 2 is 1.92 bits per heavy atom. The van der Waals surface area contributed by atoms with E-state index in [1.807, 2.05) is 17.5 Å². The number of guanidine groups is 1. The third-order valence-corrected chi connectivity index (χ3v) is 4.33. The van der Waals surface area contributed by atoms with Crippen molar-refractivity contribution in [3.8, 4) is 0 Å². The molecule has 1 heterocycles. The van der Waals surface area contributed by atoms with E-state index in [4.69, 9.17) is 0 Å². The molecule has 24 heavy (non-hydrogen) atoms. The van der Waals surface area contributed by atoms with Gasteiger partial charge in [-0.25, -0.2) is 0 Å². The van der Waals surface area contributed by atoms with Gasteiger partial charge < -0.3 is 16.0 Å². The molecule has 0 spiro atoms. The van der Waals surface area contributed by atoms with Crippen LogP contribution in [0.25, 0.3) is 0 Å². The number of thiophene rings is 1. The maximum Gasteiger partial charge on any atom is 0.261 e. The lowest BCUT2D eigenvalue weighted by Crippen LogP contribution is -2.43. The molecule has 0 bridgehead atoms. The van der Waals surface area contributed by atoms with Crippen LogP contribution in [0.5, 0.6) is 0 Å². The lowest BCUT2D eigenvalue weighted by molar-refractivity contribution is 0.0957. The van der Waals surface area contributed by atoms with Gasteiger partial charge >= 0.3 is 0 Å². The molecule has 3 N–H and O–H groups in total. The highest BCUT2D eigenvalue weighted by molar-refractivity contribution is 14.0. The molecule has 5 nitrogen and oxygen atoms in total. The Morgan fingerprint density at radius 3 is 2.50 bits per heavy atom. The summed E-state index contributed by atoms with van der Waals surface area (Å²) in [6.07, 6.45) is 3.20. The monoisotopic (exact) mass is 466 g/mol. The van der Waals surface area contributed by atoms with Crippen LogP contribution in [0.15, 0.2) is 22.5 Å². The Morgan fingerprint density at radius 1 is 1.21 bits per heavy atom. The van der Waals surface area contributed by atoms with Crippen molar-refractivity contribution in [3.05, 3.63) is 22.4 Å². The molecular formula is C17H31IN4OS. The summed E-state index contributed by atoms with van der Waals surface area (Å²) in [4.78, 5) is 16.8. The lowest BCUT2D eigenvalue weighted by Gasteiger charge is -2.18. The van der Waals surface area contributed by atoms with E-state index in [0.29, 0.717) is 12.6 Å². The molecule has 1 aromatic heterocycles. The molecule has 0 aromatic carbocycles. The van der Waals surface area contributed by atoms with Crippen LogP contribution >= 0.6 is 35.3 Å². The highest BCUT2D eigenvalue weighted by Gasteiger charge is 2.07. The Hall–Kier alpha value is -0.830. The average Bonchev–Trinajstić information content (AvgIpc) is 3.05. The molecule has 1 atom stereocenters. The van der Waals surface area contributed by atoms with Gasteiger partial charge in [0, 0.05) is 26.2 Å². The summed E-state index contributed by atoms with van der Waals surface area (Å²) >= 11 is 1.46. The molecule has 0 fully saturated rings. The average molecular weight is 466 g/mol. The van der Waals surface area contributed by atoms with Gasteiger partial charge in [0.15, 0.2) is 5.96 Å². The summed E-state index contributed by atoms with van der Waals surface area (Å²) < 4.78 is 0. The highest BCUT2D eigenvalue weighted by Crippen LogP contribution is 2.07. The van der Waals surface area contributed by atoms with Crippen molar-refractivity contribution >= 4 is 47.2 Å². The molecule has 7 heteroatoms. The quantitative estimate of drug-likeness (QED) is 0.226. The molecule has 1 aromatic rings. The van der Waals surface area contributed by atoms with Crippen LogP contribution in [0.4, 0.5) is 0 Å². The first kappa shape index (κ1) is 23.2. The van der Waals surface area contributed by atoms with Crippen LogP contribution in [-0.4, -0.2) is 38.0 Å². The highest BCUT2D eigenvalue weighted by atomic mass is 127. The van der Waals surface area contributed by atoms with Crippen LogP contribution in [0, 0.1) is 5.92 Å². The number of amides is 1. The largest absolute Gasteiger partial charge is 0.356 e. The zero-order valence-corrected chi connectivity index (χ0v) is 18.2. The van der Waals surface area contributed by atoms with Crippen molar-refractivity contribution in [1.29, 1.82) is 0 Å². The van der Waals surface area contributed by atoms with E-state index in [-0.39, 0.29) is 29.9 Å². The number of hydrogen-bond acceptors (Lipinski definition) is 3. The zero-order valence-electron chi connectivity index (χ0n) is 15.1. The first-order chi connectivity index (χ1) is 11.0. The van der Waals surface area contributed by atoms with Crippen molar-refractivity contribution in [2.45, 2.75) is 46.1 Å². The van der Waals surface area contributed by atoms with Crippen molar-refractivity contribution in [2.75, 3.05) is 20.1 Å². The number of aliphatic imine (C=N–C) groups is 1. The van der Waals surface area contributed by atoms with Gasteiger partial charge in [-0.1, -0.05) is 19.9 Å². The molecule has 0 aliphatic heterocycles. The third kappa shape index (κ3) is 10.1. The molecule has 0 saturated heterocycles. The van der Waals surface area contributed by atoms with E-state index in [1.54, 1.807) is 7.05 Å². The number of carbonyl (C=O) groups is 1. The number of carbonyl (C=O) groups excluding carboxylic acids is 1. The second-order valence-electron chi connectivity index (χ2n) is 6.10. The molecule has 138 valence electrons. The maximum absolute atomic E-state index is 11.8. The van der Waals surface area contributed by atoms with Crippen LogP contribution in [0.2, 0.25) is 0 Å². The van der Waals surface area contributed by atoms with Gasteiger partial charge in [-0.2, -0.15) is 0 Å². The smallest absolute Gasteiger partial charge is 0.261 e. The first-order valence-electron chi connectivity index (χ1n) is 8.31. The Balaban J connectivity index is 0.00000529. The summed E-state index contributed by atoms with van der Waals surface area (Å²) in [5.41, 5.74) is 0. The van der Waals surface area contributed by atoms with Gasteiger partial charge in [-0.15, -0.1) is 35.3 Å². The van der Waals surface area contributed by atoms with Crippen LogP contribution in [-0.2, 0) is 0 Å². The molecule has 0 aliphatic rings. The number of nitrogens with zero attached hydrogens (tertiary/aromatic N) is 1. The van der Waals surface area contributed by atoms with Crippen molar-refractivity contribution in [1.82, 2.24) is 16.0 Å². The minimum atomic E-state index is 0. The fraction of sp³-hybridized carbons (Fsp3) is 0.647. The number of nitrogens with one attached hydrogen (secondary N) is 3. The fourth-order valence-electron chi connectivity index (χ4n) is 2.08. The second kappa shape index (κ2) is 13.5. The van der Waals surface area contributed by atoms with E-state index in [2.05, 4.69) is 41.7 Å². The van der Waals surface area contributed by atoms with Crippen LogP contribution < -0.4 is 16.0 Å². The van der Waals surface area contributed by atoms with E-state index in [1.165, 1.54) is 17.8 Å². The van der Waals surface area contributed by atoms with Gasteiger partial charge in [0.25, 0.3) is 5.91 Å². The van der Waals surface area contributed by atoms with Crippen LogP contribution in [0.1, 0.15) is 49.7 Å². The molecule has 0 saturated carbocycles. The van der Waals surface area contributed by atoms with Crippen molar-refractivity contribution in [2.24, 2.45) is 10.9 Å². The molecule has 0 aliphatic carbocycles. The predicted molar refractivity (Wildman–Crippen MR) is 115 cm³/mol. The third-order valence-electron chi connectivity index (χ3n) is 3.46. The molecule has 1 rings (SSSR count). The van der Waals surface area contributed by atoms with Gasteiger partial charge in [-0.3, -0.25) is 9.79 Å². The van der Waals surface area contributed by atoms with Gasteiger partial charge in [0.2, 0.25) is 0 Å². The number of halogens is 1. The standard InChI is InChI=1S/C17H30N4OS.HI/c1-13(2)8-9-14(3)21-17(18-4)20-11-6-10-19-16(22)15-7-5-12-23-15;/h5,7,12-14H,6,8-11H2,1-4H3,(H,19,22)(H2,18,20,21);1H. The topological polar surface area (TPSA) is 65.5 Å².